The molecule has 1 fully saturated rings. The summed E-state index contributed by atoms with van der Waals surface area (Å²) in [5, 5.41) is 26.6. The summed E-state index contributed by atoms with van der Waals surface area (Å²) in [4.78, 5) is 27.0. The number of aliphatic carboxylic acids is 2. The number of carboxylic acids is 2. The lowest BCUT2D eigenvalue weighted by molar-refractivity contribution is -0.159. The van der Waals surface area contributed by atoms with Crippen molar-refractivity contribution in [3.8, 4) is 0 Å². The number of aromatic nitrogens is 1. The lowest BCUT2D eigenvalue weighted by Crippen LogP contribution is -2.55. The first-order valence-corrected chi connectivity index (χ1v) is 10.6. The molecule has 3 N–H and O–H groups in total. The molecule has 3 aromatic rings. The maximum absolute atomic E-state index is 11.9. The molecule has 172 valence electrons. The van der Waals surface area contributed by atoms with Crippen molar-refractivity contribution in [2.75, 3.05) is 26.2 Å². The first kappa shape index (κ1) is 24.1. The van der Waals surface area contributed by atoms with E-state index in [-0.39, 0.29) is 0 Å². The highest BCUT2D eigenvalue weighted by atomic mass is 16.4. The first-order chi connectivity index (χ1) is 15.9. The van der Waals surface area contributed by atoms with Gasteiger partial charge in [0.25, 0.3) is 0 Å². The lowest BCUT2D eigenvalue weighted by Gasteiger charge is -2.45. The quantitative estimate of drug-likeness (QED) is 0.508. The van der Waals surface area contributed by atoms with Gasteiger partial charge in [0.15, 0.2) is 5.72 Å². The topological polar surface area (TPSA) is 114 Å². The van der Waals surface area contributed by atoms with Crippen LogP contribution in [0.25, 0.3) is 0 Å². The summed E-state index contributed by atoms with van der Waals surface area (Å²) in [6.45, 7) is 4.34. The second kappa shape index (κ2) is 11.3. The number of piperazine rings is 1. The molecule has 0 unspecified atom stereocenters. The van der Waals surface area contributed by atoms with E-state index in [1.807, 2.05) is 72.9 Å². The number of pyridine rings is 1. The van der Waals surface area contributed by atoms with Crippen molar-refractivity contribution >= 4 is 11.9 Å². The van der Waals surface area contributed by atoms with Crippen LogP contribution in [0.15, 0.2) is 85.2 Å². The molecule has 0 atom stereocenters. The van der Waals surface area contributed by atoms with Gasteiger partial charge in [0.2, 0.25) is 0 Å². The fourth-order valence-electron chi connectivity index (χ4n) is 3.85. The number of benzene rings is 2. The van der Waals surface area contributed by atoms with Gasteiger partial charge in [-0.25, -0.2) is 9.59 Å². The van der Waals surface area contributed by atoms with Gasteiger partial charge in [-0.2, -0.15) is 0 Å². The zero-order valence-corrected chi connectivity index (χ0v) is 18.1. The molecule has 0 spiro atoms. The van der Waals surface area contributed by atoms with Gasteiger partial charge in [-0.1, -0.05) is 66.7 Å². The van der Waals surface area contributed by atoms with Gasteiger partial charge < -0.3 is 15.3 Å². The Hall–Kier alpha value is -3.59. The van der Waals surface area contributed by atoms with Crippen LogP contribution in [-0.4, -0.2) is 68.2 Å². The van der Waals surface area contributed by atoms with Crippen LogP contribution in [0.3, 0.4) is 0 Å². The Bertz CT molecular complexity index is 972. The molecule has 0 amide bonds. The maximum Gasteiger partial charge on any atom is 0.414 e. The number of carbonyl (C=O) groups is 2. The van der Waals surface area contributed by atoms with Gasteiger partial charge in [-0.3, -0.25) is 14.8 Å². The SMILES string of the molecule is O=C(O)C(=O)O.OC(c1ccccc1)(c1ccccc1)N1CCN(Cc2cccnc2)CC1. The molecule has 1 aliphatic heterocycles. The lowest BCUT2D eigenvalue weighted by atomic mass is 9.92. The molecular formula is C25H27N3O5. The Morgan fingerprint density at radius 3 is 1.73 bits per heavy atom. The van der Waals surface area contributed by atoms with Crippen LogP contribution in [0.2, 0.25) is 0 Å². The molecular weight excluding hydrogens is 422 g/mol. The summed E-state index contributed by atoms with van der Waals surface area (Å²) in [5.74, 6) is -3.65. The molecule has 1 aliphatic rings. The van der Waals surface area contributed by atoms with Crippen LogP contribution in [0, 0.1) is 0 Å². The Morgan fingerprint density at radius 2 is 1.30 bits per heavy atom. The maximum atomic E-state index is 11.9. The van der Waals surface area contributed by atoms with Crippen molar-refractivity contribution in [3.05, 3.63) is 102 Å². The number of hydrogen-bond acceptors (Lipinski definition) is 6. The van der Waals surface area contributed by atoms with E-state index < -0.39 is 17.7 Å². The zero-order chi connectivity index (χ0) is 23.7. The standard InChI is InChI=1S/C23H25N3O.C2H2O4/c27-23(21-9-3-1-4-10-21,22-11-5-2-6-12-22)26-16-14-25(15-17-26)19-20-8-7-13-24-18-20;3-1(4)2(5)6/h1-13,18,27H,14-17,19H2;(H,3,4)(H,5,6). The van der Waals surface area contributed by atoms with Crippen molar-refractivity contribution in [2.45, 2.75) is 12.3 Å². The fraction of sp³-hybridized carbons (Fsp3) is 0.240. The third-order valence-electron chi connectivity index (χ3n) is 5.49. The number of hydrogen-bond donors (Lipinski definition) is 3. The molecule has 0 radical (unpaired) electrons. The summed E-state index contributed by atoms with van der Waals surface area (Å²) in [5.41, 5.74) is 1.95. The van der Waals surface area contributed by atoms with E-state index in [2.05, 4.69) is 20.9 Å². The third kappa shape index (κ3) is 6.23. The summed E-state index contributed by atoms with van der Waals surface area (Å²) >= 11 is 0. The normalized spacial score (nSPS) is 14.7. The Labute approximate surface area is 192 Å². The molecule has 0 aliphatic carbocycles. The average Bonchev–Trinajstić information content (AvgIpc) is 2.86. The zero-order valence-electron chi connectivity index (χ0n) is 18.1. The summed E-state index contributed by atoms with van der Waals surface area (Å²) in [7, 11) is 0. The van der Waals surface area contributed by atoms with Crippen LogP contribution >= 0.6 is 0 Å². The van der Waals surface area contributed by atoms with Gasteiger partial charge in [-0.05, 0) is 11.6 Å². The molecule has 0 bridgehead atoms. The van der Waals surface area contributed by atoms with Crippen LogP contribution in [-0.2, 0) is 21.9 Å². The van der Waals surface area contributed by atoms with E-state index in [4.69, 9.17) is 19.8 Å². The van der Waals surface area contributed by atoms with E-state index in [0.717, 1.165) is 43.9 Å². The molecule has 1 aromatic heterocycles. The van der Waals surface area contributed by atoms with Crippen molar-refractivity contribution in [3.63, 3.8) is 0 Å². The minimum absolute atomic E-state index is 0.806. The van der Waals surface area contributed by atoms with Crippen molar-refractivity contribution in [2.24, 2.45) is 0 Å². The minimum Gasteiger partial charge on any atom is -0.473 e. The van der Waals surface area contributed by atoms with Crippen LogP contribution in [0.1, 0.15) is 16.7 Å². The number of nitrogens with zero attached hydrogens (tertiary/aromatic N) is 3. The number of aliphatic hydroxyl groups is 1. The van der Waals surface area contributed by atoms with E-state index in [0.29, 0.717) is 0 Å². The largest absolute Gasteiger partial charge is 0.473 e. The van der Waals surface area contributed by atoms with Crippen LogP contribution < -0.4 is 0 Å². The Kier molecular flexibility index (Phi) is 8.26. The van der Waals surface area contributed by atoms with E-state index in [1.165, 1.54) is 5.56 Å². The van der Waals surface area contributed by atoms with Gasteiger partial charge >= 0.3 is 11.9 Å². The van der Waals surface area contributed by atoms with E-state index in [1.54, 1.807) is 6.20 Å². The summed E-state index contributed by atoms with van der Waals surface area (Å²) < 4.78 is 0. The Morgan fingerprint density at radius 1 is 0.788 bits per heavy atom. The van der Waals surface area contributed by atoms with Crippen LogP contribution in [0.4, 0.5) is 0 Å². The Balaban J connectivity index is 0.000000454. The monoisotopic (exact) mass is 449 g/mol. The predicted molar refractivity (Wildman–Crippen MR) is 122 cm³/mol. The van der Waals surface area contributed by atoms with Gasteiger partial charge in [0, 0.05) is 56.2 Å². The average molecular weight is 450 g/mol. The van der Waals surface area contributed by atoms with E-state index in [9.17, 15) is 5.11 Å². The van der Waals surface area contributed by atoms with Crippen molar-refractivity contribution in [1.29, 1.82) is 0 Å². The van der Waals surface area contributed by atoms with Crippen LogP contribution in [0.5, 0.6) is 0 Å². The van der Waals surface area contributed by atoms with Crippen molar-refractivity contribution in [1.82, 2.24) is 14.8 Å². The summed E-state index contributed by atoms with van der Waals surface area (Å²) in [6.07, 6.45) is 3.73. The van der Waals surface area contributed by atoms with Gasteiger partial charge in [0.05, 0.1) is 0 Å². The molecule has 1 saturated heterocycles. The molecule has 33 heavy (non-hydrogen) atoms. The van der Waals surface area contributed by atoms with E-state index >= 15 is 0 Å². The van der Waals surface area contributed by atoms with Gasteiger partial charge in [-0.15, -0.1) is 0 Å². The second-order valence-electron chi connectivity index (χ2n) is 7.64. The van der Waals surface area contributed by atoms with Crippen molar-refractivity contribution < 1.29 is 24.9 Å². The molecule has 8 nitrogen and oxygen atoms in total. The smallest absolute Gasteiger partial charge is 0.414 e. The highest BCUT2D eigenvalue weighted by molar-refractivity contribution is 6.27. The molecule has 4 rings (SSSR count). The summed E-state index contributed by atoms with van der Waals surface area (Å²) in [6, 6.07) is 24.1. The highest BCUT2D eigenvalue weighted by Gasteiger charge is 2.39. The predicted octanol–water partition coefficient (Wildman–Crippen LogP) is 2.25. The fourth-order valence-corrected chi connectivity index (χ4v) is 3.85. The second-order valence-corrected chi connectivity index (χ2v) is 7.64. The minimum atomic E-state index is -1.82. The third-order valence-corrected chi connectivity index (χ3v) is 5.49. The molecule has 2 heterocycles. The molecule has 2 aromatic carbocycles. The number of carboxylic acid groups (broad SMARTS) is 2. The molecule has 8 heteroatoms. The first-order valence-electron chi connectivity index (χ1n) is 10.6. The van der Waals surface area contributed by atoms with Gasteiger partial charge in [0.1, 0.15) is 0 Å². The highest BCUT2D eigenvalue weighted by Crippen LogP contribution is 2.34. The number of rotatable bonds is 5. The molecule has 0 saturated carbocycles.